The average molecular weight is 317 g/mol. The number of hydrogen-bond donors (Lipinski definition) is 2. The van der Waals surface area contributed by atoms with Crippen LogP contribution < -0.4 is 5.73 Å². The lowest BCUT2D eigenvalue weighted by Crippen LogP contribution is -2.31. The molecule has 0 spiro atoms. The van der Waals surface area contributed by atoms with Crippen molar-refractivity contribution in [2.45, 2.75) is 19.4 Å². The number of aliphatic hydroxyl groups excluding tert-OH is 1. The van der Waals surface area contributed by atoms with E-state index in [4.69, 9.17) is 5.73 Å². The zero-order valence-corrected chi connectivity index (χ0v) is 13.7. The number of likely N-dealkylation sites (tertiary alicyclic amines) is 2. The Morgan fingerprint density at radius 1 is 1.09 bits per heavy atom. The number of nitrogens with two attached hydrogens (primary N) is 1. The number of benzene rings is 1. The molecule has 2 heterocycles. The van der Waals surface area contributed by atoms with E-state index < -0.39 is 0 Å². The normalized spacial score (nSPS) is 26.0. The van der Waals surface area contributed by atoms with Crippen LogP contribution in [0.1, 0.15) is 28.8 Å². The van der Waals surface area contributed by atoms with Gasteiger partial charge in [0.15, 0.2) is 0 Å². The Bertz CT molecular complexity index is 526. The standard InChI is InChI=1S/C18H27N3O2/c19-18(23)15-5-3-14(4-6-15)9-21-11-16(17(12-21)13-22)10-20-7-1-2-8-20/h3-6,16-17,22H,1-2,7-13H2,(H2,19,23)/t16-,17-/m1/s1. The van der Waals surface area contributed by atoms with Crippen molar-refractivity contribution in [2.75, 3.05) is 39.3 Å². The monoisotopic (exact) mass is 317 g/mol. The molecule has 23 heavy (non-hydrogen) atoms. The van der Waals surface area contributed by atoms with Gasteiger partial charge in [-0.1, -0.05) is 12.1 Å². The molecule has 1 amide bonds. The number of aliphatic hydroxyl groups is 1. The van der Waals surface area contributed by atoms with Gasteiger partial charge >= 0.3 is 0 Å². The first-order chi connectivity index (χ1) is 11.2. The van der Waals surface area contributed by atoms with Crippen molar-refractivity contribution < 1.29 is 9.90 Å². The van der Waals surface area contributed by atoms with E-state index in [0.717, 1.165) is 26.2 Å². The van der Waals surface area contributed by atoms with E-state index in [1.807, 2.05) is 12.1 Å². The van der Waals surface area contributed by atoms with Crippen LogP contribution in [0.25, 0.3) is 0 Å². The topological polar surface area (TPSA) is 69.8 Å². The molecule has 5 heteroatoms. The molecule has 2 saturated heterocycles. The number of amides is 1. The molecule has 0 saturated carbocycles. The van der Waals surface area contributed by atoms with Crippen molar-refractivity contribution in [1.82, 2.24) is 9.80 Å². The number of rotatable bonds is 6. The van der Waals surface area contributed by atoms with Gasteiger partial charge in [0.05, 0.1) is 0 Å². The van der Waals surface area contributed by atoms with Crippen molar-refractivity contribution in [3.63, 3.8) is 0 Å². The molecule has 0 radical (unpaired) electrons. The third-order valence-corrected chi connectivity index (χ3v) is 5.22. The van der Waals surface area contributed by atoms with Crippen LogP contribution in [0, 0.1) is 11.8 Å². The van der Waals surface area contributed by atoms with Crippen LogP contribution in [0.15, 0.2) is 24.3 Å². The predicted molar refractivity (Wildman–Crippen MR) is 90.0 cm³/mol. The van der Waals surface area contributed by atoms with E-state index in [1.165, 1.54) is 31.5 Å². The van der Waals surface area contributed by atoms with Gasteiger partial charge in [0, 0.05) is 38.3 Å². The fourth-order valence-electron chi connectivity index (χ4n) is 3.91. The number of hydrogen-bond acceptors (Lipinski definition) is 4. The maximum Gasteiger partial charge on any atom is 0.248 e. The Balaban J connectivity index is 1.57. The highest BCUT2D eigenvalue weighted by molar-refractivity contribution is 5.92. The van der Waals surface area contributed by atoms with Crippen molar-refractivity contribution in [2.24, 2.45) is 17.6 Å². The van der Waals surface area contributed by atoms with Gasteiger partial charge in [0.25, 0.3) is 0 Å². The molecule has 2 aliphatic rings. The largest absolute Gasteiger partial charge is 0.396 e. The first-order valence-electron chi connectivity index (χ1n) is 8.60. The highest BCUT2D eigenvalue weighted by Crippen LogP contribution is 2.26. The third kappa shape index (κ3) is 4.10. The lowest BCUT2D eigenvalue weighted by atomic mass is 9.96. The van der Waals surface area contributed by atoms with Crippen molar-refractivity contribution in [1.29, 1.82) is 0 Å². The Labute approximate surface area is 138 Å². The molecule has 2 atom stereocenters. The van der Waals surface area contributed by atoms with E-state index in [-0.39, 0.29) is 12.5 Å². The Kier molecular flexibility index (Phi) is 5.30. The number of nitrogens with zero attached hydrogens (tertiary/aromatic N) is 2. The first kappa shape index (κ1) is 16.4. The number of primary amides is 1. The second kappa shape index (κ2) is 7.43. The second-order valence-electron chi connectivity index (χ2n) is 6.97. The fourth-order valence-corrected chi connectivity index (χ4v) is 3.91. The van der Waals surface area contributed by atoms with E-state index in [0.29, 0.717) is 17.4 Å². The summed E-state index contributed by atoms with van der Waals surface area (Å²) in [4.78, 5) is 16.1. The fraction of sp³-hybridized carbons (Fsp3) is 0.611. The Morgan fingerprint density at radius 2 is 1.74 bits per heavy atom. The van der Waals surface area contributed by atoms with Gasteiger partial charge in [-0.3, -0.25) is 9.69 Å². The lowest BCUT2D eigenvalue weighted by molar-refractivity contribution is 0.1000. The maximum absolute atomic E-state index is 11.1. The summed E-state index contributed by atoms with van der Waals surface area (Å²) in [5.41, 5.74) is 7.02. The minimum absolute atomic E-state index is 0.273. The molecule has 0 aliphatic carbocycles. The van der Waals surface area contributed by atoms with Crippen molar-refractivity contribution in [3.8, 4) is 0 Å². The minimum Gasteiger partial charge on any atom is -0.396 e. The lowest BCUT2D eigenvalue weighted by Gasteiger charge is -2.23. The molecule has 126 valence electrons. The van der Waals surface area contributed by atoms with Crippen molar-refractivity contribution in [3.05, 3.63) is 35.4 Å². The van der Waals surface area contributed by atoms with Crippen LogP contribution in [0.3, 0.4) is 0 Å². The van der Waals surface area contributed by atoms with Gasteiger partial charge in [0.1, 0.15) is 0 Å². The summed E-state index contributed by atoms with van der Waals surface area (Å²) in [6.07, 6.45) is 2.62. The molecule has 0 aromatic heterocycles. The molecular weight excluding hydrogens is 290 g/mol. The summed E-state index contributed by atoms with van der Waals surface area (Å²) in [6, 6.07) is 7.53. The molecule has 0 bridgehead atoms. The van der Waals surface area contributed by atoms with Crippen LogP contribution in [0.2, 0.25) is 0 Å². The molecule has 3 N–H and O–H groups in total. The van der Waals surface area contributed by atoms with Gasteiger partial charge in [-0.2, -0.15) is 0 Å². The van der Waals surface area contributed by atoms with Crippen LogP contribution in [-0.4, -0.2) is 60.1 Å². The van der Waals surface area contributed by atoms with Crippen LogP contribution >= 0.6 is 0 Å². The summed E-state index contributed by atoms with van der Waals surface area (Å²) >= 11 is 0. The summed E-state index contributed by atoms with van der Waals surface area (Å²) in [6.45, 7) is 6.67. The van der Waals surface area contributed by atoms with E-state index in [2.05, 4.69) is 9.80 Å². The number of carbonyl (C=O) groups is 1. The molecule has 2 aliphatic heterocycles. The summed E-state index contributed by atoms with van der Waals surface area (Å²) in [7, 11) is 0. The van der Waals surface area contributed by atoms with Crippen LogP contribution in [0.5, 0.6) is 0 Å². The van der Waals surface area contributed by atoms with Crippen LogP contribution in [0.4, 0.5) is 0 Å². The zero-order valence-electron chi connectivity index (χ0n) is 13.7. The third-order valence-electron chi connectivity index (χ3n) is 5.22. The van der Waals surface area contributed by atoms with Gasteiger partial charge in [-0.05, 0) is 55.5 Å². The quantitative estimate of drug-likeness (QED) is 0.819. The first-order valence-corrected chi connectivity index (χ1v) is 8.60. The van der Waals surface area contributed by atoms with Gasteiger partial charge in [-0.25, -0.2) is 0 Å². The smallest absolute Gasteiger partial charge is 0.248 e. The van der Waals surface area contributed by atoms with Gasteiger partial charge in [0.2, 0.25) is 5.91 Å². The van der Waals surface area contributed by atoms with E-state index >= 15 is 0 Å². The molecule has 2 fully saturated rings. The summed E-state index contributed by atoms with van der Waals surface area (Å²) in [5.74, 6) is 0.548. The minimum atomic E-state index is -0.385. The molecule has 1 aromatic carbocycles. The predicted octanol–water partition coefficient (Wildman–Crippen LogP) is 0.922. The molecule has 3 rings (SSSR count). The van der Waals surface area contributed by atoms with E-state index in [1.54, 1.807) is 12.1 Å². The molecule has 5 nitrogen and oxygen atoms in total. The van der Waals surface area contributed by atoms with E-state index in [9.17, 15) is 9.90 Å². The molecule has 1 aromatic rings. The van der Waals surface area contributed by atoms with Gasteiger partial charge in [-0.15, -0.1) is 0 Å². The maximum atomic E-state index is 11.1. The van der Waals surface area contributed by atoms with Gasteiger partial charge < -0.3 is 15.7 Å². The summed E-state index contributed by atoms with van der Waals surface area (Å²) < 4.78 is 0. The van der Waals surface area contributed by atoms with Crippen LogP contribution in [-0.2, 0) is 6.54 Å². The number of carbonyl (C=O) groups excluding carboxylic acids is 1. The summed E-state index contributed by atoms with van der Waals surface area (Å²) in [5, 5.41) is 9.70. The average Bonchev–Trinajstić information content (AvgIpc) is 3.18. The Morgan fingerprint density at radius 3 is 2.35 bits per heavy atom. The highest BCUT2D eigenvalue weighted by atomic mass is 16.3. The Hall–Kier alpha value is -1.43. The van der Waals surface area contributed by atoms with Crippen molar-refractivity contribution >= 4 is 5.91 Å². The highest BCUT2D eigenvalue weighted by Gasteiger charge is 2.33. The molecule has 0 unspecified atom stereocenters. The zero-order chi connectivity index (χ0) is 16.2. The molecular formula is C18H27N3O2. The second-order valence-corrected chi connectivity index (χ2v) is 6.97. The SMILES string of the molecule is NC(=O)c1ccc(CN2C[C@@H](CN3CCCC3)[C@@H](CO)C2)cc1.